The molecule has 33 heavy (non-hydrogen) atoms. The summed E-state index contributed by atoms with van der Waals surface area (Å²) in [7, 11) is 4.54. The van der Waals surface area contributed by atoms with Gasteiger partial charge in [-0.25, -0.2) is 0 Å². The summed E-state index contributed by atoms with van der Waals surface area (Å²) < 4.78 is 0. The Bertz CT molecular complexity index is 1180. The van der Waals surface area contributed by atoms with Gasteiger partial charge in [0.05, 0.1) is 5.71 Å². The first-order valence-electron chi connectivity index (χ1n) is 11.1. The highest BCUT2D eigenvalue weighted by molar-refractivity contribution is 7.28. The van der Waals surface area contributed by atoms with Gasteiger partial charge in [0.15, 0.2) is 0 Å². The Balaban J connectivity index is 1.69. The zero-order valence-electron chi connectivity index (χ0n) is 19.1. The van der Waals surface area contributed by atoms with Crippen LogP contribution < -0.4 is 10.6 Å². The van der Waals surface area contributed by atoms with Gasteiger partial charge in [-0.1, -0.05) is 50.2 Å². The molecular weight excluding hydrogens is 433 g/mol. The molecule has 6 nitrogen and oxygen atoms in total. The molecule has 0 aliphatic carbocycles. The Kier molecular flexibility index (Phi) is 6.57. The molecule has 1 N–H and O–H groups in total. The number of rotatable bonds is 5. The fourth-order valence-electron chi connectivity index (χ4n) is 4.51. The molecule has 2 atom stereocenters. The van der Waals surface area contributed by atoms with E-state index in [4.69, 9.17) is 0 Å². The van der Waals surface area contributed by atoms with E-state index in [2.05, 4.69) is 51.6 Å². The van der Waals surface area contributed by atoms with E-state index >= 15 is 0 Å². The summed E-state index contributed by atoms with van der Waals surface area (Å²) in [5.41, 5.74) is 5.59. The van der Waals surface area contributed by atoms with Gasteiger partial charge in [0, 0.05) is 31.1 Å². The summed E-state index contributed by atoms with van der Waals surface area (Å²) in [6, 6.07) is 13.4. The molecule has 2 heterocycles. The van der Waals surface area contributed by atoms with Crippen molar-refractivity contribution in [3.8, 4) is 0 Å². The van der Waals surface area contributed by atoms with Crippen molar-refractivity contribution in [2.24, 2.45) is 10.9 Å². The molecule has 0 bridgehead atoms. The van der Waals surface area contributed by atoms with Crippen molar-refractivity contribution in [3.63, 3.8) is 0 Å². The normalized spacial score (nSPS) is 19.2. The van der Waals surface area contributed by atoms with Crippen molar-refractivity contribution < 1.29 is 14.4 Å². The topological polar surface area (TPSA) is 78.8 Å². The number of fused-ring (bicyclic) bond motifs is 1. The van der Waals surface area contributed by atoms with E-state index in [0.717, 1.165) is 27.7 Å². The third-order valence-electron chi connectivity index (χ3n) is 6.30. The van der Waals surface area contributed by atoms with Gasteiger partial charge in [0.2, 0.25) is 11.8 Å². The number of hydrogen-bond acceptors (Lipinski definition) is 4. The number of nitrogens with zero attached hydrogens (tertiary/aromatic N) is 2. The summed E-state index contributed by atoms with van der Waals surface area (Å²) in [4.78, 5) is 43.1. The fraction of sp³-hybridized carbons (Fsp3) is 0.308. The van der Waals surface area contributed by atoms with E-state index < -0.39 is 11.9 Å². The molecule has 2 aromatic carbocycles. The number of aliphatic imine (C=N–C) groups is 1. The summed E-state index contributed by atoms with van der Waals surface area (Å²) in [5, 5.41) is 3.26. The van der Waals surface area contributed by atoms with Crippen molar-refractivity contribution >= 4 is 43.6 Å². The number of amides is 3. The molecule has 7 heteroatoms. The minimum Gasteiger partial charge on any atom is -0.322 e. The molecule has 2 aliphatic rings. The number of nitrogens with one attached hydrogen (secondary N) is 1. The maximum Gasteiger partial charge on any atom is 0.255 e. The Morgan fingerprint density at radius 1 is 1.15 bits per heavy atom. The number of benzene rings is 2. The first-order chi connectivity index (χ1) is 15.8. The Hall–Kier alpha value is -3.11. The van der Waals surface area contributed by atoms with Crippen molar-refractivity contribution in [1.82, 2.24) is 10.2 Å². The van der Waals surface area contributed by atoms with Gasteiger partial charge < -0.3 is 4.90 Å². The lowest BCUT2D eigenvalue weighted by atomic mass is 9.92. The van der Waals surface area contributed by atoms with E-state index in [0.29, 0.717) is 24.4 Å². The molecule has 1 fully saturated rings. The number of hydrogen-bond donors (Lipinski definition) is 1. The average Bonchev–Trinajstić information content (AvgIpc) is 3.13. The number of allylic oxidation sites excluding steroid dienone is 2. The van der Waals surface area contributed by atoms with Crippen LogP contribution in [0.1, 0.15) is 53.7 Å². The molecule has 2 aliphatic heterocycles. The van der Waals surface area contributed by atoms with Gasteiger partial charge in [-0.15, -0.1) is 9.24 Å². The van der Waals surface area contributed by atoms with Crippen LogP contribution in [0.25, 0.3) is 5.57 Å². The lowest BCUT2D eigenvalue weighted by Crippen LogP contribution is -2.52. The molecule has 3 amide bonds. The first kappa shape index (κ1) is 23.1. The molecule has 0 aromatic heterocycles. The Morgan fingerprint density at radius 2 is 1.88 bits per heavy atom. The zero-order chi connectivity index (χ0) is 23.7. The van der Waals surface area contributed by atoms with Gasteiger partial charge in [-0.05, 0) is 46.5 Å². The summed E-state index contributed by atoms with van der Waals surface area (Å²) in [5.74, 6) is -0.561. The summed E-state index contributed by atoms with van der Waals surface area (Å²) in [6.07, 6.45) is 2.71. The highest BCUT2D eigenvalue weighted by Crippen LogP contribution is 2.29. The lowest BCUT2D eigenvalue weighted by Gasteiger charge is -2.29. The quantitative estimate of drug-likeness (QED) is 0.422. The van der Waals surface area contributed by atoms with Crippen LogP contribution in [0, 0.1) is 5.92 Å². The number of carbonyl (C=O) groups is 3. The van der Waals surface area contributed by atoms with Gasteiger partial charge >= 0.3 is 0 Å². The van der Waals surface area contributed by atoms with E-state index in [1.807, 2.05) is 30.3 Å². The molecule has 0 saturated carbocycles. The van der Waals surface area contributed by atoms with Crippen molar-refractivity contribution in [2.75, 3.05) is 7.05 Å². The zero-order valence-corrected chi connectivity index (χ0v) is 20.2. The maximum atomic E-state index is 13.1. The van der Waals surface area contributed by atoms with Crippen LogP contribution in [0.2, 0.25) is 0 Å². The molecule has 1 saturated heterocycles. The molecule has 170 valence electrons. The minimum absolute atomic E-state index is 0.174. The van der Waals surface area contributed by atoms with Crippen LogP contribution in [0.4, 0.5) is 0 Å². The lowest BCUT2D eigenvalue weighted by molar-refractivity contribution is -0.136. The van der Waals surface area contributed by atoms with Crippen LogP contribution in [0.5, 0.6) is 0 Å². The van der Waals surface area contributed by atoms with Gasteiger partial charge in [-0.2, -0.15) is 0 Å². The highest BCUT2D eigenvalue weighted by atomic mass is 31.0. The predicted octanol–water partition coefficient (Wildman–Crippen LogP) is 3.11. The first-order valence-corrected chi connectivity index (χ1v) is 11.7. The second-order valence-electron chi connectivity index (χ2n) is 8.68. The SMILES string of the molecule is CN=C(/C=C(/c1ccccc1)C(C)C)c1ccc2c(c1P)CN(C1CCC(=O)NC1=O)C2=O. The molecule has 0 radical (unpaired) electrons. The monoisotopic (exact) mass is 461 g/mol. The van der Waals surface area contributed by atoms with Crippen molar-refractivity contribution in [2.45, 2.75) is 39.3 Å². The second kappa shape index (κ2) is 9.40. The number of carbonyl (C=O) groups excluding carboxylic acids is 3. The molecule has 0 spiro atoms. The molecular formula is C26H28N3O3P. The Morgan fingerprint density at radius 3 is 2.52 bits per heavy atom. The molecule has 2 aromatic rings. The molecule has 2 unspecified atom stereocenters. The fourth-order valence-corrected chi connectivity index (χ4v) is 5.00. The van der Waals surface area contributed by atoms with Crippen molar-refractivity contribution in [1.29, 1.82) is 0 Å². The largest absolute Gasteiger partial charge is 0.322 e. The summed E-state index contributed by atoms with van der Waals surface area (Å²) >= 11 is 0. The van der Waals surface area contributed by atoms with Crippen LogP contribution in [0.15, 0.2) is 53.5 Å². The van der Waals surface area contributed by atoms with E-state index in [1.165, 1.54) is 5.57 Å². The van der Waals surface area contributed by atoms with Gasteiger partial charge in [-0.3, -0.25) is 24.7 Å². The highest BCUT2D eigenvalue weighted by Gasteiger charge is 2.40. The van der Waals surface area contributed by atoms with Crippen molar-refractivity contribution in [3.05, 3.63) is 70.8 Å². The predicted molar refractivity (Wildman–Crippen MR) is 134 cm³/mol. The van der Waals surface area contributed by atoms with E-state index in [-0.39, 0.29) is 18.2 Å². The van der Waals surface area contributed by atoms with Crippen LogP contribution in [0.3, 0.4) is 0 Å². The third kappa shape index (κ3) is 4.40. The van der Waals surface area contributed by atoms with E-state index in [1.54, 1.807) is 11.9 Å². The van der Waals surface area contributed by atoms with E-state index in [9.17, 15) is 14.4 Å². The Labute approximate surface area is 196 Å². The van der Waals surface area contributed by atoms with Crippen LogP contribution in [-0.4, -0.2) is 41.4 Å². The second-order valence-corrected chi connectivity index (χ2v) is 9.26. The maximum absolute atomic E-state index is 13.1. The standard InChI is InChI=1S/C26H28N3O3P/c1-15(2)19(16-7-5-4-6-8-16)13-21(27-3)18-10-9-17-20(24(18)33)14-29(26(17)32)22-11-12-23(30)28-25(22)31/h4-10,13,15,22H,11-12,14,33H2,1-3H3,(H,28,30,31)/b19-13+,27-21?. The average molecular weight is 462 g/mol. The number of piperidine rings is 1. The summed E-state index contributed by atoms with van der Waals surface area (Å²) in [6.45, 7) is 4.66. The van der Waals surface area contributed by atoms with Crippen LogP contribution >= 0.6 is 9.24 Å². The minimum atomic E-state index is -0.625. The number of imide groups is 1. The van der Waals surface area contributed by atoms with Gasteiger partial charge in [0.25, 0.3) is 5.91 Å². The van der Waals surface area contributed by atoms with Crippen LogP contribution in [-0.2, 0) is 16.1 Å². The van der Waals surface area contributed by atoms with Gasteiger partial charge in [0.1, 0.15) is 6.04 Å². The molecule has 4 rings (SSSR count). The third-order valence-corrected chi connectivity index (χ3v) is 6.96. The smallest absolute Gasteiger partial charge is 0.255 e.